The van der Waals surface area contributed by atoms with Crippen LogP contribution >= 0.6 is 11.6 Å². The maximum atomic E-state index is 12.9. The second-order valence-electron chi connectivity index (χ2n) is 6.85. The summed E-state index contributed by atoms with van der Waals surface area (Å²) in [5.74, 6) is -0.908. The van der Waals surface area contributed by atoms with Crippen molar-refractivity contribution in [2.24, 2.45) is 5.92 Å². The van der Waals surface area contributed by atoms with Crippen LogP contribution in [-0.4, -0.2) is 36.6 Å². The molecule has 1 atom stereocenters. The largest absolute Gasteiger partial charge is 0.325 e. The number of benzene rings is 2. The van der Waals surface area contributed by atoms with Crippen molar-refractivity contribution in [3.8, 4) is 0 Å². The minimum atomic E-state index is -3.74. The molecule has 1 amide bonds. The summed E-state index contributed by atoms with van der Waals surface area (Å²) in [6.07, 6.45) is 1.07. The standard InChI is InChI=1S/C19H20ClN3O5S/c1-13-17(5-2-6-18(13)23(25)26)21-19(24)14-4-3-11-22(12-14)29(27,28)16-9-7-15(20)8-10-16/h2,5-10,14H,3-4,11-12H2,1H3,(H,21,24). The number of halogens is 1. The molecule has 154 valence electrons. The minimum Gasteiger partial charge on any atom is -0.325 e. The van der Waals surface area contributed by atoms with Gasteiger partial charge in [-0.2, -0.15) is 4.31 Å². The maximum Gasteiger partial charge on any atom is 0.274 e. The van der Waals surface area contributed by atoms with E-state index in [4.69, 9.17) is 11.6 Å². The summed E-state index contributed by atoms with van der Waals surface area (Å²) >= 11 is 5.83. The Hall–Kier alpha value is -2.49. The van der Waals surface area contributed by atoms with Gasteiger partial charge >= 0.3 is 0 Å². The molecule has 1 unspecified atom stereocenters. The molecule has 1 heterocycles. The van der Waals surface area contributed by atoms with Crippen LogP contribution in [0.5, 0.6) is 0 Å². The van der Waals surface area contributed by atoms with Gasteiger partial charge in [-0.3, -0.25) is 14.9 Å². The number of carbonyl (C=O) groups is 1. The Morgan fingerprint density at radius 2 is 1.93 bits per heavy atom. The van der Waals surface area contributed by atoms with Gasteiger partial charge < -0.3 is 5.32 Å². The predicted octanol–water partition coefficient (Wildman–Crippen LogP) is 3.60. The van der Waals surface area contributed by atoms with Crippen molar-refractivity contribution < 1.29 is 18.1 Å². The van der Waals surface area contributed by atoms with Crippen LogP contribution in [0, 0.1) is 23.0 Å². The van der Waals surface area contributed by atoms with Gasteiger partial charge in [-0.25, -0.2) is 8.42 Å². The number of anilines is 1. The first kappa shape index (κ1) is 21.2. The van der Waals surface area contributed by atoms with E-state index in [0.29, 0.717) is 35.7 Å². The summed E-state index contributed by atoms with van der Waals surface area (Å²) in [6, 6.07) is 10.3. The molecule has 0 radical (unpaired) electrons. The third-order valence-corrected chi connectivity index (χ3v) is 7.10. The van der Waals surface area contributed by atoms with Gasteiger partial charge in [0.2, 0.25) is 15.9 Å². The van der Waals surface area contributed by atoms with E-state index in [1.165, 1.54) is 40.7 Å². The number of nitrogens with one attached hydrogen (secondary N) is 1. The van der Waals surface area contributed by atoms with Crippen LogP contribution in [0.25, 0.3) is 0 Å². The Morgan fingerprint density at radius 3 is 2.59 bits per heavy atom. The van der Waals surface area contributed by atoms with E-state index in [9.17, 15) is 23.3 Å². The molecule has 10 heteroatoms. The molecule has 0 bridgehead atoms. The van der Waals surface area contributed by atoms with Crippen LogP contribution in [-0.2, 0) is 14.8 Å². The SMILES string of the molecule is Cc1c(NC(=O)C2CCCN(S(=O)(=O)c3ccc(Cl)cc3)C2)cccc1[N+](=O)[O-]. The second kappa shape index (κ2) is 8.48. The molecular formula is C19H20ClN3O5S. The van der Waals surface area contributed by atoms with E-state index < -0.39 is 20.9 Å². The molecule has 0 spiro atoms. The highest BCUT2D eigenvalue weighted by atomic mass is 35.5. The Balaban J connectivity index is 1.75. The van der Waals surface area contributed by atoms with Gasteiger partial charge in [-0.05, 0) is 50.1 Å². The molecular weight excluding hydrogens is 418 g/mol. The maximum absolute atomic E-state index is 12.9. The molecule has 0 aliphatic carbocycles. The fourth-order valence-electron chi connectivity index (χ4n) is 3.32. The number of carbonyl (C=O) groups excluding carboxylic acids is 1. The van der Waals surface area contributed by atoms with Gasteiger partial charge in [-0.1, -0.05) is 17.7 Å². The van der Waals surface area contributed by atoms with E-state index in [2.05, 4.69) is 5.32 Å². The number of amides is 1. The molecule has 1 saturated heterocycles. The molecule has 0 aromatic heterocycles. The van der Waals surface area contributed by atoms with Crippen molar-refractivity contribution in [3.05, 3.63) is 63.2 Å². The van der Waals surface area contributed by atoms with Gasteiger partial charge in [-0.15, -0.1) is 0 Å². The average molecular weight is 438 g/mol. The Labute approximate surface area is 173 Å². The molecule has 2 aromatic carbocycles. The van der Waals surface area contributed by atoms with Crippen molar-refractivity contribution in [1.82, 2.24) is 4.31 Å². The number of rotatable bonds is 5. The van der Waals surface area contributed by atoms with E-state index >= 15 is 0 Å². The first-order valence-corrected chi connectivity index (χ1v) is 10.8. The summed E-state index contributed by atoms with van der Waals surface area (Å²) in [4.78, 5) is 23.4. The lowest BCUT2D eigenvalue weighted by atomic mass is 9.98. The smallest absolute Gasteiger partial charge is 0.274 e. The second-order valence-corrected chi connectivity index (χ2v) is 9.23. The summed E-state index contributed by atoms with van der Waals surface area (Å²) in [5.41, 5.74) is 0.618. The van der Waals surface area contributed by atoms with E-state index in [1.807, 2.05) is 0 Å². The van der Waals surface area contributed by atoms with E-state index in [1.54, 1.807) is 13.0 Å². The lowest BCUT2D eigenvalue weighted by Crippen LogP contribution is -2.43. The topological polar surface area (TPSA) is 110 Å². The van der Waals surface area contributed by atoms with Crippen LogP contribution in [0.2, 0.25) is 5.02 Å². The zero-order valence-corrected chi connectivity index (χ0v) is 17.2. The fraction of sp³-hybridized carbons (Fsp3) is 0.316. The first-order valence-electron chi connectivity index (χ1n) is 9.00. The average Bonchev–Trinajstić information content (AvgIpc) is 2.69. The minimum absolute atomic E-state index is 0.0464. The van der Waals surface area contributed by atoms with E-state index in [-0.39, 0.29) is 23.0 Å². The summed E-state index contributed by atoms with van der Waals surface area (Å²) in [5, 5.41) is 14.2. The number of nitrogens with zero attached hydrogens (tertiary/aromatic N) is 2. The monoisotopic (exact) mass is 437 g/mol. The van der Waals surface area contributed by atoms with Crippen LogP contribution in [0.4, 0.5) is 11.4 Å². The quantitative estimate of drug-likeness (QED) is 0.567. The van der Waals surface area contributed by atoms with Crippen molar-refractivity contribution in [1.29, 1.82) is 0 Å². The first-order chi connectivity index (χ1) is 13.7. The highest BCUT2D eigenvalue weighted by Gasteiger charge is 2.33. The zero-order valence-electron chi connectivity index (χ0n) is 15.7. The molecule has 1 N–H and O–H groups in total. The molecule has 8 nitrogen and oxygen atoms in total. The molecule has 2 aromatic rings. The number of sulfonamides is 1. The summed E-state index contributed by atoms with van der Waals surface area (Å²) in [7, 11) is -3.74. The van der Waals surface area contributed by atoms with Crippen LogP contribution < -0.4 is 5.32 Å². The highest BCUT2D eigenvalue weighted by Crippen LogP contribution is 2.28. The van der Waals surface area contributed by atoms with Gasteiger partial charge in [0.05, 0.1) is 27.0 Å². The van der Waals surface area contributed by atoms with E-state index in [0.717, 1.165) is 0 Å². The molecule has 29 heavy (non-hydrogen) atoms. The molecule has 3 rings (SSSR count). The summed E-state index contributed by atoms with van der Waals surface area (Å²) < 4.78 is 27.0. The Kier molecular flexibility index (Phi) is 6.21. The third-order valence-electron chi connectivity index (χ3n) is 4.97. The van der Waals surface area contributed by atoms with Crippen LogP contribution in [0.3, 0.4) is 0 Å². The van der Waals surface area contributed by atoms with Gasteiger partial charge in [0.1, 0.15) is 0 Å². The number of nitro groups is 1. The number of hydrogen-bond acceptors (Lipinski definition) is 5. The predicted molar refractivity (Wildman–Crippen MR) is 109 cm³/mol. The lowest BCUT2D eigenvalue weighted by molar-refractivity contribution is -0.385. The lowest BCUT2D eigenvalue weighted by Gasteiger charge is -2.31. The van der Waals surface area contributed by atoms with Crippen LogP contribution in [0.1, 0.15) is 18.4 Å². The van der Waals surface area contributed by atoms with Crippen molar-refractivity contribution in [2.75, 3.05) is 18.4 Å². The Morgan fingerprint density at radius 1 is 1.24 bits per heavy atom. The molecule has 0 saturated carbocycles. The fourth-order valence-corrected chi connectivity index (χ4v) is 4.97. The highest BCUT2D eigenvalue weighted by molar-refractivity contribution is 7.89. The van der Waals surface area contributed by atoms with Crippen LogP contribution in [0.15, 0.2) is 47.4 Å². The number of piperidine rings is 1. The van der Waals surface area contributed by atoms with Crippen molar-refractivity contribution in [3.63, 3.8) is 0 Å². The number of nitro benzene ring substituents is 1. The molecule has 1 aliphatic heterocycles. The third kappa shape index (κ3) is 4.58. The Bertz CT molecular complexity index is 1040. The summed E-state index contributed by atoms with van der Waals surface area (Å²) in [6.45, 7) is 1.93. The van der Waals surface area contributed by atoms with Crippen molar-refractivity contribution >= 4 is 38.9 Å². The van der Waals surface area contributed by atoms with Gasteiger partial charge in [0.25, 0.3) is 5.69 Å². The van der Waals surface area contributed by atoms with Gasteiger partial charge in [0.15, 0.2) is 0 Å². The molecule has 1 fully saturated rings. The normalized spacial score (nSPS) is 17.7. The number of hydrogen-bond donors (Lipinski definition) is 1. The van der Waals surface area contributed by atoms with Crippen molar-refractivity contribution in [2.45, 2.75) is 24.7 Å². The zero-order chi connectivity index (χ0) is 21.2. The molecule has 1 aliphatic rings. The van der Waals surface area contributed by atoms with Gasteiger partial charge in [0, 0.05) is 24.2 Å².